The molecule has 0 bridgehead atoms. The summed E-state index contributed by atoms with van der Waals surface area (Å²) in [4.78, 5) is 23.9. The van der Waals surface area contributed by atoms with Gasteiger partial charge in [0.05, 0.1) is 12.0 Å². The van der Waals surface area contributed by atoms with E-state index >= 15 is 0 Å². The Hall–Kier alpha value is -1.84. The average Bonchev–Trinajstić information content (AvgIpc) is 2.55. The van der Waals surface area contributed by atoms with Crippen molar-refractivity contribution < 1.29 is 19.1 Å². The monoisotopic (exact) mass is 362 g/mol. The second-order valence-electron chi connectivity index (χ2n) is 7.78. The van der Waals surface area contributed by atoms with Gasteiger partial charge in [-0.15, -0.1) is 0 Å². The highest BCUT2D eigenvalue weighted by atomic mass is 16.5. The molecule has 0 saturated heterocycles. The SMILES string of the molecule is CCCC(CC(C)C)(C(=O)Oc1ccc(CCOC(C)=O)cc1)C(C)C. The molecule has 1 unspecified atom stereocenters. The molecule has 1 atom stereocenters. The largest absolute Gasteiger partial charge is 0.466 e. The van der Waals surface area contributed by atoms with Gasteiger partial charge in [-0.2, -0.15) is 0 Å². The van der Waals surface area contributed by atoms with Crippen molar-refractivity contribution in [1.29, 1.82) is 0 Å². The first-order valence-corrected chi connectivity index (χ1v) is 9.65. The van der Waals surface area contributed by atoms with Crippen molar-refractivity contribution in [3.63, 3.8) is 0 Å². The van der Waals surface area contributed by atoms with Gasteiger partial charge in [0.15, 0.2) is 0 Å². The first-order chi connectivity index (χ1) is 12.2. The minimum absolute atomic E-state index is 0.129. The van der Waals surface area contributed by atoms with Crippen LogP contribution in [0.25, 0.3) is 0 Å². The molecular weight excluding hydrogens is 328 g/mol. The molecule has 0 aliphatic rings. The van der Waals surface area contributed by atoms with Crippen LogP contribution in [0.1, 0.15) is 66.4 Å². The minimum atomic E-state index is -0.448. The first-order valence-electron chi connectivity index (χ1n) is 9.65. The Morgan fingerprint density at radius 3 is 2.15 bits per heavy atom. The molecule has 0 radical (unpaired) electrons. The van der Waals surface area contributed by atoms with Crippen molar-refractivity contribution in [1.82, 2.24) is 0 Å². The molecule has 4 heteroatoms. The Bertz CT molecular complexity index is 574. The third-order valence-electron chi connectivity index (χ3n) is 4.81. The van der Waals surface area contributed by atoms with E-state index in [-0.39, 0.29) is 17.9 Å². The van der Waals surface area contributed by atoms with Gasteiger partial charge >= 0.3 is 11.9 Å². The fourth-order valence-corrected chi connectivity index (χ4v) is 3.47. The van der Waals surface area contributed by atoms with E-state index < -0.39 is 5.41 Å². The number of ether oxygens (including phenoxy) is 2. The van der Waals surface area contributed by atoms with E-state index in [0.717, 1.165) is 24.8 Å². The van der Waals surface area contributed by atoms with E-state index in [1.54, 1.807) is 0 Å². The zero-order chi connectivity index (χ0) is 19.7. The number of carbonyl (C=O) groups is 2. The summed E-state index contributed by atoms with van der Waals surface area (Å²) in [7, 11) is 0. The third-order valence-corrected chi connectivity index (χ3v) is 4.81. The summed E-state index contributed by atoms with van der Waals surface area (Å²) in [6, 6.07) is 7.44. The lowest BCUT2D eigenvalue weighted by Gasteiger charge is -2.36. The maximum atomic E-state index is 13.1. The number of esters is 2. The second kappa shape index (κ2) is 10.3. The van der Waals surface area contributed by atoms with Crippen molar-refractivity contribution in [3.8, 4) is 5.75 Å². The quantitative estimate of drug-likeness (QED) is 0.425. The lowest BCUT2D eigenvalue weighted by atomic mass is 9.69. The summed E-state index contributed by atoms with van der Waals surface area (Å²) >= 11 is 0. The summed E-state index contributed by atoms with van der Waals surface area (Å²) in [5.41, 5.74) is 0.591. The molecule has 0 N–H and O–H groups in total. The van der Waals surface area contributed by atoms with Gasteiger partial charge in [-0.05, 0) is 42.4 Å². The van der Waals surface area contributed by atoms with Gasteiger partial charge < -0.3 is 9.47 Å². The number of hydrogen-bond acceptors (Lipinski definition) is 4. The van der Waals surface area contributed by atoms with Crippen LogP contribution in [0.2, 0.25) is 0 Å². The third kappa shape index (κ3) is 6.47. The van der Waals surface area contributed by atoms with Gasteiger partial charge in [0.25, 0.3) is 0 Å². The van der Waals surface area contributed by atoms with Crippen molar-refractivity contribution in [2.45, 2.75) is 67.2 Å². The molecule has 0 fully saturated rings. The van der Waals surface area contributed by atoms with E-state index in [2.05, 4.69) is 34.6 Å². The Labute approximate surface area is 158 Å². The lowest BCUT2D eigenvalue weighted by Crippen LogP contribution is -2.40. The Balaban J connectivity index is 2.83. The van der Waals surface area contributed by atoms with Crippen LogP contribution >= 0.6 is 0 Å². The summed E-state index contributed by atoms with van der Waals surface area (Å²) in [5, 5.41) is 0. The van der Waals surface area contributed by atoms with Crippen LogP contribution in [0, 0.1) is 17.3 Å². The molecule has 0 aliphatic carbocycles. The fourth-order valence-electron chi connectivity index (χ4n) is 3.47. The zero-order valence-corrected chi connectivity index (χ0v) is 17.1. The first kappa shape index (κ1) is 22.2. The summed E-state index contributed by atoms with van der Waals surface area (Å²) in [6.07, 6.45) is 3.27. The zero-order valence-electron chi connectivity index (χ0n) is 17.1. The van der Waals surface area contributed by atoms with Crippen LogP contribution in [0.3, 0.4) is 0 Å². The Kier molecular flexibility index (Phi) is 8.83. The van der Waals surface area contributed by atoms with Crippen LogP contribution in [0.4, 0.5) is 0 Å². The van der Waals surface area contributed by atoms with Crippen LogP contribution in [-0.4, -0.2) is 18.5 Å². The van der Waals surface area contributed by atoms with Crippen molar-refractivity contribution in [2.24, 2.45) is 17.3 Å². The van der Waals surface area contributed by atoms with Gasteiger partial charge in [-0.3, -0.25) is 9.59 Å². The molecule has 0 amide bonds. The Morgan fingerprint density at radius 2 is 1.69 bits per heavy atom. The van der Waals surface area contributed by atoms with Crippen molar-refractivity contribution in [2.75, 3.05) is 6.61 Å². The van der Waals surface area contributed by atoms with Gasteiger partial charge in [-0.25, -0.2) is 0 Å². The van der Waals surface area contributed by atoms with Gasteiger partial charge in [0.2, 0.25) is 0 Å². The van der Waals surface area contributed by atoms with Gasteiger partial charge in [0, 0.05) is 13.3 Å². The molecule has 146 valence electrons. The second-order valence-corrected chi connectivity index (χ2v) is 7.78. The molecule has 1 aromatic rings. The summed E-state index contributed by atoms with van der Waals surface area (Å²) < 4.78 is 10.7. The molecule has 1 rings (SSSR count). The van der Waals surface area contributed by atoms with E-state index in [1.807, 2.05) is 24.3 Å². The highest BCUT2D eigenvalue weighted by Crippen LogP contribution is 2.40. The molecule has 0 aromatic heterocycles. The predicted octanol–water partition coefficient (Wildman–Crippen LogP) is 5.19. The number of benzene rings is 1. The molecule has 26 heavy (non-hydrogen) atoms. The highest BCUT2D eigenvalue weighted by molar-refractivity contribution is 5.79. The van der Waals surface area contributed by atoms with E-state index in [4.69, 9.17) is 9.47 Å². The van der Waals surface area contributed by atoms with Crippen LogP contribution in [-0.2, 0) is 20.7 Å². The van der Waals surface area contributed by atoms with Crippen LogP contribution in [0.15, 0.2) is 24.3 Å². The fraction of sp³-hybridized carbons (Fsp3) is 0.636. The smallest absolute Gasteiger partial charge is 0.317 e. The van der Waals surface area contributed by atoms with Gasteiger partial charge in [0.1, 0.15) is 5.75 Å². The maximum Gasteiger partial charge on any atom is 0.317 e. The summed E-state index contributed by atoms with van der Waals surface area (Å²) in [5.74, 6) is 0.814. The lowest BCUT2D eigenvalue weighted by molar-refractivity contribution is -0.151. The topological polar surface area (TPSA) is 52.6 Å². The van der Waals surface area contributed by atoms with Crippen LogP contribution in [0.5, 0.6) is 5.75 Å². The van der Waals surface area contributed by atoms with Crippen molar-refractivity contribution >= 4 is 11.9 Å². The minimum Gasteiger partial charge on any atom is -0.466 e. The molecular formula is C22H34O4. The highest BCUT2D eigenvalue weighted by Gasteiger charge is 2.42. The molecule has 4 nitrogen and oxygen atoms in total. The number of hydrogen-bond donors (Lipinski definition) is 0. The Morgan fingerprint density at radius 1 is 1.08 bits per heavy atom. The van der Waals surface area contributed by atoms with E-state index in [1.165, 1.54) is 6.92 Å². The van der Waals surface area contributed by atoms with E-state index in [0.29, 0.717) is 24.7 Å². The summed E-state index contributed by atoms with van der Waals surface area (Å²) in [6.45, 7) is 12.4. The average molecular weight is 363 g/mol. The maximum absolute atomic E-state index is 13.1. The molecule has 1 aromatic carbocycles. The standard InChI is InChI=1S/C22H34O4/c1-7-13-22(17(4)5,15-16(2)3)21(24)26-20-10-8-19(9-11-20)12-14-25-18(6)23/h8-11,16-17H,7,12-15H2,1-6H3. The van der Waals surface area contributed by atoms with Crippen molar-refractivity contribution in [3.05, 3.63) is 29.8 Å². The number of carbonyl (C=O) groups excluding carboxylic acids is 2. The molecule has 0 spiro atoms. The normalized spacial score (nSPS) is 13.5. The molecule has 0 saturated carbocycles. The number of rotatable bonds is 10. The molecule has 0 aliphatic heterocycles. The molecule has 0 heterocycles. The predicted molar refractivity (Wildman–Crippen MR) is 104 cm³/mol. The van der Waals surface area contributed by atoms with Gasteiger partial charge in [-0.1, -0.05) is 53.2 Å². The van der Waals surface area contributed by atoms with Crippen LogP contribution < -0.4 is 4.74 Å². The van der Waals surface area contributed by atoms with E-state index in [9.17, 15) is 9.59 Å².